The molecule has 0 radical (unpaired) electrons. The van der Waals surface area contributed by atoms with Gasteiger partial charge in [-0.05, 0) is 18.1 Å². The van der Waals surface area contributed by atoms with Gasteiger partial charge in [0.2, 0.25) is 0 Å². The quantitative estimate of drug-likeness (QED) is 0.812. The Morgan fingerprint density at radius 3 is 2.43 bits per heavy atom. The second-order valence-electron chi connectivity index (χ2n) is 6.14. The number of carbonyl (C=O) groups is 1. The van der Waals surface area contributed by atoms with Crippen LogP contribution in [0.2, 0.25) is 0 Å². The summed E-state index contributed by atoms with van der Waals surface area (Å²) in [7, 11) is 0. The molecule has 1 fully saturated rings. The van der Waals surface area contributed by atoms with E-state index in [1.807, 2.05) is 55.5 Å². The molecule has 0 amide bonds. The molecule has 2 aromatic carbocycles. The molecule has 3 nitrogen and oxygen atoms in total. The highest BCUT2D eigenvalue weighted by molar-refractivity contribution is 6.21. The minimum absolute atomic E-state index is 0.126. The molecular formula is C20H19NO2. The highest BCUT2D eigenvalue weighted by Crippen LogP contribution is 2.69. The largest absolute Gasteiger partial charge is 0.465 e. The van der Waals surface area contributed by atoms with Crippen LogP contribution in [0.25, 0.3) is 0 Å². The smallest absolute Gasteiger partial charge is 0.319 e. The van der Waals surface area contributed by atoms with Gasteiger partial charge in [0.25, 0.3) is 0 Å². The molecule has 3 heteroatoms. The van der Waals surface area contributed by atoms with Gasteiger partial charge in [-0.3, -0.25) is 9.79 Å². The zero-order valence-corrected chi connectivity index (χ0v) is 13.1. The lowest BCUT2D eigenvalue weighted by Crippen LogP contribution is -2.30. The molecule has 0 saturated heterocycles. The van der Waals surface area contributed by atoms with E-state index in [0.717, 1.165) is 11.3 Å². The topological polar surface area (TPSA) is 38.7 Å². The molecule has 0 N–H and O–H groups in total. The van der Waals surface area contributed by atoms with E-state index in [0.29, 0.717) is 13.2 Å². The molecule has 0 unspecified atom stereocenters. The van der Waals surface area contributed by atoms with Crippen LogP contribution in [0.15, 0.2) is 65.7 Å². The number of fused-ring (bicyclic) bond motifs is 1. The van der Waals surface area contributed by atoms with Gasteiger partial charge < -0.3 is 4.74 Å². The molecule has 1 heterocycles. The number of carbonyl (C=O) groups excluding carboxylic acids is 1. The first-order valence-electron chi connectivity index (χ1n) is 8.12. The van der Waals surface area contributed by atoms with E-state index in [2.05, 4.69) is 12.1 Å². The maximum absolute atomic E-state index is 12.9. The van der Waals surface area contributed by atoms with Crippen molar-refractivity contribution in [2.75, 3.05) is 13.2 Å². The van der Waals surface area contributed by atoms with Crippen LogP contribution in [0.4, 0.5) is 0 Å². The van der Waals surface area contributed by atoms with Gasteiger partial charge in [0.1, 0.15) is 5.41 Å². The Balaban J connectivity index is 1.79. The highest BCUT2D eigenvalue weighted by Gasteiger charge is 2.75. The summed E-state index contributed by atoms with van der Waals surface area (Å²) in [4.78, 5) is 17.6. The number of esters is 1. The highest BCUT2D eigenvalue weighted by atomic mass is 16.5. The van der Waals surface area contributed by atoms with Crippen molar-refractivity contribution in [1.82, 2.24) is 0 Å². The lowest BCUT2D eigenvalue weighted by atomic mass is 9.89. The van der Waals surface area contributed by atoms with Crippen LogP contribution in [-0.2, 0) is 9.53 Å². The van der Waals surface area contributed by atoms with E-state index in [9.17, 15) is 4.79 Å². The summed E-state index contributed by atoms with van der Waals surface area (Å²) in [6.07, 6.45) is 0. The van der Waals surface area contributed by atoms with Gasteiger partial charge in [0.05, 0.1) is 12.3 Å². The molecule has 0 bridgehead atoms. The van der Waals surface area contributed by atoms with Crippen molar-refractivity contribution in [2.45, 2.75) is 12.8 Å². The number of benzene rings is 2. The van der Waals surface area contributed by atoms with Crippen LogP contribution < -0.4 is 0 Å². The van der Waals surface area contributed by atoms with Crippen molar-refractivity contribution in [3.63, 3.8) is 0 Å². The Bertz CT molecular complexity index is 754. The fourth-order valence-electron chi connectivity index (χ4n) is 4.06. The first kappa shape index (κ1) is 14.2. The predicted molar refractivity (Wildman–Crippen MR) is 89.6 cm³/mol. The van der Waals surface area contributed by atoms with E-state index >= 15 is 0 Å². The maximum Gasteiger partial charge on any atom is 0.319 e. The van der Waals surface area contributed by atoms with Crippen LogP contribution in [0.5, 0.6) is 0 Å². The van der Waals surface area contributed by atoms with Crippen molar-refractivity contribution < 1.29 is 9.53 Å². The summed E-state index contributed by atoms with van der Waals surface area (Å²) in [5.41, 5.74) is 2.53. The van der Waals surface area contributed by atoms with E-state index in [1.165, 1.54) is 5.56 Å². The lowest BCUT2D eigenvalue weighted by Gasteiger charge is -2.18. The van der Waals surface area contributed by atoms with Gasteiger partial charge in [-0.1, -0.05) is 60.7 Å². The zero-order valence-electron chi connectivity index (χ0n) is 13.1. The standard InChI is InChI=1S/C20H19NO2/c1-2-23-19(22)20-16(17(20)14-9-5-3-6-10-14)13-21-18(20)15-11-7-4-8-12-15/h3-12,16-17H,2,13H2,1H3/t16-,17-,20+/m0/s1. The summed E-state index contributed by atoms with van der Waals surface area (Å²) in [6, 6.07) is 20.3. The summed E-state index contributed by atoms with van der Waals surface area (Å²) < 4.78 is 5.45. The second kappa shape index (κ2) is 5.34. The van der Waals surface area contributed by atoms with Gasteiger partial charge >= 0.3 is 5.97 Å². The molecule has 0 aromatic heterocycles. The summed E-state index contributed by atoms with van der Waals surface area (Å²) in [5.74, 6) is 0.272. The van der Waals surface area contributed by atoms with Gasteiger partial charge in [-0.2, -0.15) is 0 Å². The van der Waals surface area contributed by atoms with Crippen LogP contribution >= 0.6 is 0 Å². The third kappa shape index (κ3) is 1.96. The Kier molecular flexibility index (Phi) is 3.29. The molecule has 1 saturated carbocycles. The monoisotopic (exact) mass is 305 g/mol. The number of rotatable bonds is 4. The number of hydrogen-bond donors (Lipinski definition) is 0. The number of nitrogens with zero attached hydrogens (tertiary/aromatic N) is 1. The molecule has 2 aromatic rings. The lowest BCUT2D eigenvalue weighted by molar-refractivity contribution is -0.147. The Morgan fingerprint density at radius 2 is 1.78 bits per heavy atom. The first-order chi connectivity index (χ1) is 11.3. The van der Waals surface area contributed by atoms with Crippen molar-refractivity contribution in [1.29, 1.82) is 0 Å². The van der Waals surface area contributed by atoms with Crippen LogP contribution in [0, 0.1) is 11.3 Å². The SMILES string of the molecule is CCOC(=O)[C@]12C(c3ccccc3)=NC[C@H]1[C@@H]2c1ccccc1. The Labute approximate surface area is 136 Å². The van der Waals surface area contributed by atoms with Crippen LogP contribution in [0.3, 0.4) is 0 Å². The second-order valence-corrected chi connectivity index (χ2v) is 6.14. The zero-order chi connectivity index (χ0) is 15.9. The van der Waals surface area contributed by atoms with Crippen molar-refractivity contribution in [3.05, 3.63) is 71.8 Å². The summed E-state index contributed by atoms with van der Waals surface area (Å²) in [6.45, 7) is 2.96. The average Bonchev–Trinajstić information content (AvgIpc) is 3.12. The molecule has 1 aliphatic heterocycles. The molecule has 1 aliphatic carbocycles. The maximum atomic E-state index is 12.9. The van der Waals surface area contributed by atoms with Crippen molar-refractivity contribution in [2.24, 2.45) is 16.3 Å². The Hall–Kier alpha value is -2.42. The van der Waals surface area contributed by atoms with Crippen molar-refractivity contribution in [3.8, 4) is 0 Å². The molecule has 23 heavy (non-hydrogen) atoms. The molecule has 3 atom stereocenters. The third-order valence-electron chi connectivity index (χ3n) is 5.03. The average molecular weight is 305 g/mol. The molecule has 2 aliphatic rings. The van der Waals surface area contributed by atoms with Crippen molar-refractivity contribution >= 4 is 11.7 Å². The summed E-state index contributed by atoms with van der Waals surface area (Å²) >= 11 is 0. The van der Waals surface area contributed by atoms with Crippen LogP contribution in [0.1, 0.15) is 24.0 Å². The van der Waals surface area contributed by atoms with E-state index in [-0.39, 0.29) is 17.8 Å². The fraction of sp³-hybridized carbons (Fsp3) is 0.300. The third-order valence-corrected chi connectivity index (χ3v) is 5.03. The fourth-order valence-corrected chi connectivity index (χ4v) is 4.06. The van der Waals surface area contributed by atoms with Gasteiger partial charge in [0, 0.05) is 18.4 Å². The minimum atomic E-state index is -0.598. The molecule has 116 valence electrons. The molecule has 4 rings (SSSR count). The molecule has 0 spiro atoms. The molecular weight excluding hydrogens is 286 g/mol. The first-order valence-corrected chi connectivity index (χ1v) is 8.12. The van der Waals surface area contributed by atoms with E-state index in [1.54, 1.807) is 0 Å². The van der Waals surface area contributed by atoms with E-state index in [4.69, 9.17) is 9.73 Å². The number of hydrogen-bond acceptors (Lipinski definition) is 3. The van der Waals surface area contributed by atoms with E-state index < -0.39 is 5.41 Å². The normalized spacial score (nSPS) is 28.0. The van der Waals surface area contributed by atoms with Crippen LogP contribution in [-0.4, -0.2) is 24.8 Å². The van der Waals surface area contributed by atoms with Gasteiger partial charge in [-0.15, -0.1) is 0 Å². The predicted octanol–water partition coefficient (Wildman–Crippen LogP) is 3.45. The minimum Gasteiger partial charge on any atom is -0.465 e. The van der Waals surface area contributed by atoms with Gasteiger partial charge in [-0.25, -0.2) is 0 Å². The number of ether oxygens (including phenoxy) is 1. The summed E-state index contributed by atoms with van der Waals surface area (Å²) in [5, 5.41) is 0. The number of aliphatic imine (C=N–C) groups is 1. The Morgan fingerprint density at radius 1 is 1.13 bits per heavy atom. The van der Waals surface area contributed by atoms with Gasteiger partial charge in [0.15, 0.2) is 0 Å².